The fraction of sp³-hybridized carbons (Fsp3) is 0.545. The third-order valence-corrected chi connectivity index (χ3v) is 6.29. The van der Waals surface area contributed by atoms with E-state index in [1.165, 1.54) is 6.42 Å². The monoisotopic (exact) mass is 505 g/mol. The summed E-state index contributed by atoms with van der Waals surface area (Å²) in [5.41, 5.74) is 1.93. The van der Waals surface area contributed by atoms with Crippen molar-refractivity contribution in [2.75, 3.05) is 18.5 Å². The van der Waals surface area contributed by atoms with Crippen LogP contribution in [0.3, 0.4) is 0 Å². The lowest BCUT2D eigenvalue weighted by Crippen LogP contribution is -2.32. The Hall–Kier alpha value is -2.62. The molecule has 2 aromatic rings. The molecule has 1 fully saturated rings. The van der Waals surface area contributed by atoms with Crippen LogP contribution in [-0.4, -0.2) is 45.5 Å². The second kappa shape index (κ2) is 9.89. The van der Waals surface area contributed by atoms with Crippen LogP contribution < -0.4 is 14.8 Å². The molecule has 32 heavy (non-hydrogen) atoms. The van der Waals surface area contributed by atoms with Crippen molar-refractivity contribution in [3.63, 3.8) is 0 Å². The summed E-state index contributed by atoms with van der Waals surface area (Å²) in [4.78, 5) is 13.4. The average Bonchev–Trinajstić information content (AvgIpc) is 3.23. The Bertz CT molecular complexity index is 1020. The molecule has 1 atom stereocenters. The highest BCUT2D eigenvalue weighted by Crippen LogP contribution is 2.43. The minimum Gasteiger partial charge on any atom is -0.490 e. The number of nitrogens with zero attached hydrogens (tertiary/aromatic N) is 4. The Morgan fingerprint density at radius 1 is 1.19 bits per heavy atom. The van der Waals surface area contributed by atoms with Gasteiger partial charge in [0, 0.05) is 5.70 Å². The van der Waals surface area contributed by atoms with Crippen molar-refractivity contribution in [1.82, 2.24) is 20.2 Å². The molecule has 10 heteroatoms. The van der Waals surface area contributed by atoms with E-state index in [2.05, 4.69) is 36.8 Å². The Morgan fingerprint density at radius 2 is 1.94 bits per heavy atom. The van der Waals surface area contributed by atoms with Crippen LogP contribution in [0.2, 0.25) is 0 Å². The van der Waals surface area contributed by atoms with Crippen LogP contribution in [-0.2, 0) is 9.53 Å². The molecule has 1 aromatic carbocycles. The smallest absolute Gasteiger partial charge is 0.338 e. The number of halogens is 1. The van der Waals surface area contributed by atoms with Gasteiger partial charge in [0.25, 0.3) is 0 Å². The molecule has 2 aliphatic rings. The Balaban J connectivity index is 1.76. The van der Waals surface area contributed by atoms with Gasteiger partial charge in [0.2, 0.25) is 5.95 Å². The number of esters is 1. The van der Waals surface area contributed by atoms with E-state index in [1.54, 1.807) is 4.68 Å². The highest BCUT2D eigenvalue weighted by atomic mass is 79.9. The molecule has 1 aliphatic heterocycles. The van der Waals surface area contributed by atoms with Gasteiger partial charge in [-0.2, -0.15) is 4.68 Å². The van der Waals surface area contributed by atoms with Crippen molar-refractivity contribution in [3.05, 3.63) is 33.4 Å². The average molecular weight is 506 g/mol. The third-order valence-electron chi connectivity index (χ3n) is 5.70. The number of anilines is 1. The van der Waals surface area contributed by atoms with Gasteiger partial charge in [-0.15, -0.1) is 0 Å². The van der Waals surface area contributed by atoms with Crippen LogP contribution in [0.4, 0.5) is 5.95 Å². The summed E-state index contributed by atoms with van der Waals surface area (Å²) in [6, 6.07) is 3.22. The van der Waals surface area contributed by atoms with E-state index >= 15 is 0 Å². The van der Waals surface area contributed by atoms with E-state index in [4.69, 9.17) is 14.2 Å². The summed E-state index contributed by atoms with van der Waals surface area (Å²) >= 11 is 3.60. The van der Waals surface area contributed by atoms with E-state index in [0.717, 1.165) is 35.7 Å². The van der Waals surface area contributed by atoms with Gasteiger partial charge in [0.1, 0.15) is 12.1 Å². The molecule has 0 amide bonds. The molecular formula is C22H28BrN5O4. The van der Waals surface area contributed by atoms with E-state index < -0.39 is 6.04 Å². The number of benzene rings is 1. The van der Waals surface area contributed by atoms with Gasteiger partial charge in [-0.05, 0) is 90.5 Å². The summed E-state index contributed by atoms with van der Waals surface area (Å²) in [5.74, 6) is 1.32. The summed E-state index contributed by atoms with van der Waals surface area (Å²) in [6.07, 6.45) is 5.09. The van der Waals surface area contributed by atoms with Gasteiger partial charge in [-0.1, -0.05) is 11.5 Å². The number of carbonyl (C=O) groups excluding carboxylic acids is 1. The van der Waals surface area contributed by atoms with Crippen molar-refractivity contribution in [1.29, 1.82) is 0 Å². The maximum atomic E-state index is 13.4. The van der Waals surface area contributed by atoms with Gasteiger partial charge in [-0.25, -0.2) is 4.79 Å². The second-order valence-electron chi connectivity index (χ2n) is 7.87. The minimum atomic E-state index is -0.566. The SMILES string of the molecule is CCOc1cc(C2C(C(=O)OC3CCCCC3)=C(C)Nc3nnnn32)cc(Br)c1OCC. The summed E-state index contributed by atoms with van der Waals surface area (Å²) in [7, 11) is 0. The zero-order valence-corrected chi connectivity index (χ0v) is 20.1. The lowest BCUT2D eigenvalue weighted by molar-refractivity contribution is -0.146. The fourth-order valence-corrected chi connectivity index (χ4v) is 4.85. The number of rotatable bonds is 7. The molecule has 1 N–H and O–H groups in total. The topological polar surface area (TPSA) is 100 Å². The molecule has 0 saturated heterocycles. The fourth-order valence-electron chi connectivity index (χ4n) is 4.28. The molecule has 1 aliphatic carbocycles. The van der Waals surface area contributed by atoms with Crippen LogP contribution >= 0.6 is 15.9 Å². The summed E-state index contributed by atoms with van der Waals surface area (Å²) < 4.78 is 19.9. The zero-order valence-electron chi connectivity index (χ0n) is 18.6. The number of fused-ring (bicyclic) bond motifs is 1. The van der Waals surface area contributed by atoms with Crippen LogP contribution in [0.25, 0.3) is 0 Å². The first-order valence-corrected chi connectivity index (χ1v) is 11.9. The van der Waals surface area contributed by atoms with Crippen molar-refractivity contribution >= 4 is 27.8 Å². The molecule has 4 rings (SSSR count). The molecule has 1 saturated carbocycles. The van der Waals surface area contributed by atoms with Gasteiger partial charge in [-0.3, -0.25) is 0 Å². The molecule has 2 heterocycles. The predicted octanol–water partition coefficient (Wildman–Crippen LogP) is 4.40. The second-order valence-corrected chi connectivity index (χ2v) is 8.73. The minimum absolute atomic E-state index is 0.0569. The van der Waals surface area contributed by atoms with E-state index in [-0.39, 0.29) is 12.1 Å². The van der Waals surface area contributed by atoms with Crippen molar-refractivity contribution in [3.8, 4) is 11.5 Å². The Labute approximate surface area is 195 Å². The zero-order chi connectivity index (χ0) is 22.7. The molecule has 0 bridgehead atoms. The Kier molecular flexibility index (Phi) is 6.98. The van der Waals surface area contributed by atoms with Gasteiger partial charge in [0.05, 0.1) is 23.3 Å². The van der Waals surface area contributed by atoms with Crippen molar-refractivity contribution in [2.24, 2.45) is 0 Å². The van der Waals surface area contributed by atoms with Crippen LogP contribution in [0.15, 0.2) is 27.9 Å². The summed E-state index contributed by atoms with van der Waals surface area (Å²) in [6.45, 7) is 6.65. The normalized spacial score (nSPS) is 18.7. The van der Waals surface area contributed by atoms with Crippen molar-refractivity contribution < 1.29 is 19.0 Å². The first kappa shape index (κ1) is 22.6. The van der Waals surface area contributed by atoms with E-state index in [0.29, 0.717) is 41.9 Å². The maximum absolute atomic E-state index is 13.4. The van der Waals surface area contributed by atoms with E-state index in [9.17, 15) is 4.79 Å². The predicted molar refractivity (Wildman–Crippen MR) is 122 cm³/mol. The molecule has 1 unspecified atom stereocenters. The largest absolute Gasteiger partial charge is 0.490 e. The van der Waals surface area contributed by atoms with Crippen LogP contribution in [0.5, 0.6) is 11.5 Å². The number of carbonyl (C=O) groups is 1. The third kappa shape index (κ3) is 4.46. The molecule has 0 radical (unpaired) electrons. The maximum Gasteiger partial charge on any atom is 0.338 e. The molecule has 0 spiro atoms. The lowest BCUT2D eigenvalue weighted by atomic mass is 9.94. The molecule has 9 nitrogen and oxygen atoms in total. The van der Waals surface area contributed by atoms with E-state index in [1.807, 2.05) is 32.9 Å². The molecule has 1 aromatic heterocycles. The number of hydrogen-bond donors (Lipinski definition) is 1. The lowest BCUT2D eigenvalue weighted by Gasteiger charge is -2.30. The first-order chi connectivity index (χ1) is 15.5. The Morgan fingerprint density at radius 3 is 2.66 bits per heavy atom. The van der Waals surface area contributed by atoms with Gasteiger partial charge >= 0.3 is 5.97 Å². The number of aromatic nitrogens is 4. The summed E-state index contributed by atoms with van der Waals surface area (Å²) in [5, 5.41) is 15.2. The number of nitrogens with one attached hydrogen (secondary N) is 1. The van der Waals surface area contributed by atoms with Crippen LogP contribution in [0.1, 0.15) is 64.5 Å². The standard InChI is InChI=1S/C22H28BrN5O4/c1-4-30-17-12-14(11-16(23)20(17)31-5-2)19-18(13(3)24-22-25-26-27-28(19)22)21(29)32-15-9-7-6-8-10-15/h11-12,15,19H,4-10H2,1-3H3,(H,24,25,27). The van der Waals surface area contributed by atoms with Gasteiger partial charge in [0.15, 0.2) is 11.5 Å². The van der Waals surface area contributed by atoms with Gasteiger partial charge < -0.3 is 19.5 Å². The molecular weight excluding hydrogens is 478 g/mol. The number of ether oxygens (including phenoxy) is 3. The van der Waals surface area contributed by atoms with Crippen LogP contribution in [0, 0.1) is 0 Å². The quantitative estimate of drug-likeness (QED) is 0.552. The highest BCUT2D eigenvalue weighted by Gasteiger charge is 2.37. The molecule has 172 valence electrons. The first-order valence-electron chi connectivity index (χ1n) is 11.1. The highest BCUT2D eigenvalue weighted by molar-refractivity contribution is 9.10. The number of hydrogen-bond acceptors (Lipinski definition) is 8. The number of allylic oxidation sites excluding steroid dienone is 1. The number of tetrazole rings is 1. The van der Waals surface area contributed by atoms with Crippen molar-refractivity contribution in [2.45, 2.75) is 65.0 Å².